The zero-order valence-electron chi connectivity index (χ0n) is 15.7. The Bertz CT molecular complexity index is 816. The number of esters is 1. The van der Waals surface area contributed by atoms with E-state index in [1.165, 1.54) is 11.3 Å². The number of rotatable bonds is 4. The van der Waals surface area contributed by atoms with Gasteiger partial charge in [0.25, 0.3) is 0 Å². The maximum absolute atomic E-state index is 12.7. The summed E-state index contributed by atoms with van der Waals surface area (Å²) in [5, 5.41) is 3.44. The lowest BCUT2D eigenvalue weighted by atomic mass is 10.1. The van der Waals surface area contributed by atoms with Gasteiger partial charge in [-0.25, -0.2) is 14.6 Å². The number of urea groups is 1. The fourth-order valence-electron chi connectivity index (χ4n) is 2.93. The van der Waals surface area contributed by atoms with Crippen molar-refractivity contribution in [1.29, 1.82) is 0 Å². The minimum absolute atomic E-state index is 0.208. The molecule has 27 heavy (non-hydrogen) atoms. The highest BCUT2D eigenvalue weighted by Gasteiger charge is 2.26. The van der Waals surface area contributed by atoms with Crippen molar-refractivity contribution in [3.8, 4) is 0 Å². The topological polar surface area (TPSA) is 87.7 Å². The molecule has 0 atom stereocenters. The predicted molar refractivity (Wildman–Crippen MR) is 105 cm³/mol. The van der Waals surface area contributed by atoms with E-state index in [0.29, 0.717) is 43.4 Å². The largest absolute Gasteiger partial charge is 0.462 e. The van der Waals surface area contributed by atoms with Crippen LogP contribution in [0, 0.1) is 13.8 Å². The Kier molecular flexibility index (Phi) is 5.90. The van der Waals surface area contributed by atoms with Gasteiger partial charge in [0.1, 0.15) is 10.8 Å². The molecule has 3 rings (SSSR count). The maximum Gasteiger partial charge on any atom is 0.341 e. The number of ether oxygens (including phenoxy) is 1. The van der Waals surface area contributed by atoms with Crippen molar-refractivity contribution in [2.24, 2.45) is 0 Å². The normalized spacial score (nSPS) is 14.2. The molecule has 0 spiro atoms. The summed E-state index contributed by atoms with van der Waals surface area (Å²) >= 11 is 1.40. The van der Waals surface area contributed by atoms with Crippen LogP contribution in [0.15, 0.2) is 18.6 Å². The molecule has 2 amide bonds. The molecule has 1 aliphatic rings. The number of aryl methyl sites for hydroxylation is 1. The third kappa shape index (κ3) is 4.19. The second-order valence-corrected chi connectivity index (χ2v) is 7.40. The van der Waals surface area contributed by atoms with E-state index in [4.69, 9.17) is 4.74 Å². The van der Waals surface area contributed by atoms with Gasteiger partial charge >= 0.3 is 12.0 Å². The second-order valence-electron chi connectivity index (χ2n) is 6.18. The third-order valence-electron chi connectivity index (χ3n) is 4.53. The molecule has 2 aromatic heterocycles. The lowest BCUT2D eigenvalue weighted by Gasteiger charge is -2.35. The molecule has 1 aliphatic heterocycles. The first-order valence-electron chi connectivity index (χ1n) is 8.85. The molecular weight excluding hydrogens is 366 g/mol. The summed E-state index contributed by atoms with van der Waals surface area (Å²) in [6.07, 6.45) is 5.02. The summed E-state index contributed by atoms with van der Waals surface area (Å²) in [6.45, 7) is 8.36. The Morgan fingerprint density at radius 3 is 2.59 bits per heavy atom. The highest BCUT2D eigenvalue weighted by molar-refractivity contribution is 7.16. The van der Waals surface area contributed by atoms with Crippen LogP contribution in [0.3, 0.4) is 0 Å². The molecular formula is C18H23N5O3S. The number of amides is 2. The summed E-state index contributed by atoms with van der Waals surface area (Å²) in [5.74, 6) is 0.411. The number of nitrogens with one attached hydrogen (secondary N) is 1. The van der Waals surface area contributed by atoms with Crippen LogP contribution in [-0.4, -0.2) is 59.7 Å². The number of hydrogen-bond donors (Lipinski definition) is 1. The number of aromatic nitrogens is 2. The summed E-state index contributed by atoms with van der Waals surface area (Å²) in [7, 11) is 0. The summed E-state index contributed by atoms with van der Waals surface area (Å²) < 4.78 is 5.14. The Morgan fingerprint density at radius 1 is 1.22 bits per heavy atom. The van der Waals surface area contributed by atoms with Gasteiger partial charge in [0, 0.05) is 43.4 Å². The molecule has 9 heteroatoms. The SMILES string of the molecule is CCOC(=O)c1c(NC(=O)N2CCN(c3cnccn3)CC2)sc(C)c1C. The van der Waals surface area contributed by atoms with Crippen LogP contribution in [0.4, 0.5) is 15.6 Å². The monoisotopic (exact) mass is 389 g/mol. The lowest BCUT2D eigenvalue weighted by molar-refractivity contribution is 0.0527. The number of thiophene rings is 1. The third-order valence-corrected chi connectivity index (χ3v) is 5.65. The van der Waals surface area contributed by atoms with Gasteiger partial charge in [0.15, 0.2) is 0 Å². The number of nitrogens with zero attached hydrogens (tertiary/aromatic N) is 4. The van der Waals surface area contributed by atoms with Gasteiger partial charge in [0.05, 0.1) is 18.4 Å². The number of carbonyl (C=O) groups is 2. The van der Waals surface area contributed by atoms with Gasteiger partial charge in [-0.1, -0.05) is 0 Å². The van der Waals surface area contributed by atoms with Crippen LogP contribution < -0.4 is 10.2 Å². The van der Waals surface area contributed by atoms with Gasteiger partial charge in [0.2, 0.25) is 0 Å². The van der Waals surface area contributed by atoms with E-state index in [9.17, 15) is 9.59 Å². The molecule has 8 nitrogen and oxygen atoms in total. The van der Waals surface area contributed by atoms with Crippen LogP contribution >= 0.6 is 11.3 Å². The molecule has 0 radical (unpaired) electrons. The molecule has 1 N–H and O–H groups in total. The van der Waals surface area contributed by atoms with Crippen molar-refractivity contribution in [2.75, 3.05) is 43.0 Å². The molecule has 2 aromatic rings. The first-order valence-corrected chi connectivity index (χ1v) is 9.67. The highest BCUT2D eigenvalue weighted by atomic mass is 32.1. The van der Waals surface area contributed by atoms with Crippen molar-refractivity contribution in [3.05, 3.63) is 34.6 Å². The first-order chi connectivity index (χ1) is 13.0. The van der Waals surface area contributed by atoms with E-state index in [0.717, 1.165) is 16.3 Å². The molecule has 0 aliphatic carbocycles. The van der Waals surface area contributed by atoms with Gasteiger partial charge in [-0.3, -0.25) is 10.3 Å². The van der Waals surface area contributed by atoms with Gasteiger partial charge < -0.3 is 14.5 Å². The molecule has 144 valence electrons. The smallest absolute Gasteiger partial charge is 0.341 e. The van der Waals surface area contributed by atoms with Crippen molar-refractivity contribution in [1.82, 2.24) is 14.9 Å². The van der Waals surface area contributed by atoms with E-state index >= 15 is 0 Å². The average Bonchev–Trinajstić information content (AvgIpc) is 2.96. The second kappa shape index (κ2) is 8.34. The molecule has 1 fully saturated rings. The van der Waals surface area contributed by atoms with E-state index in [2.05, 4.69) is 20.2 Å². The Morgan fingerprint density at radius 2 is 1.96 bits per heavy atom. The van der Waals surface area contributed by atoms with E-state index in [1.807, 2.05) is 13.8 Å². The molecule has 0 aromatic carbocycles. The quantitative estimate of drug-likeness (QED) is 0.809. The Labute approximate surface area is 162 Å². The van der Waals surface area contributed by atoms with Crippen LogP contribution in [0.25, 0.3) is 0 Å². The Hall–Kier alpha value is -2.68. The van der Waals surface area contributed by atoms with Gasteiger partial charge in [-0.15, -0.1) is 11.3 Å². The van der Waals surface area contributed by atoms with Crippen LogP contribution in [0.5, 0.6) is 0 Å². The number of piperazine rings is 1. The number of carbonyl (C=O) groups excluding carboxylic acids is 2. The average molecular weight is 389 g/mol. The molecule has 1 saturated heterocycles. The number of anilines is 2. The van der Waals surface area contributed by atoms with Crippen molar-refractivity contribution < 1.29 is 14.3 Å². The van der Waals surface area contributed by atoms with Crippen molar-refractivity contribution >= 4 is 34.2 Å². The fraction of sp³-hybridized carbons (Fsp3) is 0.444. The molecule has 0 saturated carbocycles. The minimum atomic E-state index is -0.401. The van der Waals surface area contributed by atoms with E-state index < -0.39 is 5.97 Å². The van der Waals surface area contributed by atoms with Gasteiger partial charge in [-0.2, -0.15) is 0 Å². The van der Waals surface area contributed by atoms with Crippen molar-refractivity contribution in [3.63, 3.8) is 0 Å². The lowest BCUT2D eigenvalue weighted by Crippen LogP contribution is -2.50. The number of hydrogen-bond acceptors (Lipinski definition) is 7. The maximum atomic E-state index is 12.7. The Balaban J connectivity index is 1.65. The zero-order valence-corrected chi connectivity index (χ0v) is 16.5. The predicted octanol–water partition coefficient (Wildman–Crippen LogP) is 2.69. The molecule has 0 bridgehead atoms. The molecule has 0 unspecified atom stereocenters. The minimum Gasteiger partial charge on any atom is -0.462 e. The van der Waals surface area contributed by atoms with Gasteiger partial charge in [-0.05, 0) is 26.3 Å². The zero-order chi connectivity index (χ0) is 19.4. The summed E-state index contributed by atoms with van der Waals surface area (Å²) in [5.41, 5.74) is 1.30. The van der Waals surface area contributed by atoms with Crippen LogP contribution in [0.1, 0.15) is 27.7 Å². The standard InChI is InChI=1S/C18H23N5O3S/c1-4-26-17(24)15-12(2)13(3)27-16(15)21-18(25)23-9-7-22(8-10-23)14-11-19-5-6-20-14/h5-6,11H,4,7-10H2,1-3H3,(H,21,25). The van der Waals surface area contributed by atoms with Crippen LogP contribution in [0.2, 0.25) is 0 Å². The highest BCUT2D eigenvalue weighted by Crippen LogP contribution is 2.33. The van der Waals surface area contributed by atoms with E-state index in [-0.39, 0.29) is 6.03 Å². The summed E-state index contributed by atoms with van der Waals surface area (Å²) in [6, 6.07) is -0.208. The molecule has 3 heterocycles. The van der Waals surface area contributed by atoms with Crippen LogP contribution in [-0.2, 0) is 4.74 Å². The summed E-state index contributed by atoms with van der Waals surface area (Å²) in [4.78, 5) is 38.1. The van der Waals surface area contributed by atoms with E-state index in [1.54, 1.807) is 30.4 Å². The first kappa shape index (κ1) is 19.1. The fourth-order valence-corrected chi connectivity index (χ4v) is 3.97. The van der Waals surface area contributed by atoms with Crippen molar-refractivity contribution in [2.45, 2.75) is 20.8 Å².